The molecule has 0 amide bonds. The molecule has 1 N–H and O–H groups in total. The van der Waals surface area contributed by atoms with E-state index >= 15 is 0 Å². The first kappa shape index (κ1) is 16.4. The minimum absolute atomic E-state index is 0.0243. The standard InChI is InChI=1S/C15H22BrN3O2S/c1-11-8-17-6-3-7-19(11)22(20,21)14-5-2-4-12-9-18-10-13(16)15(12)14/h2,4-5,9,11-13,15,17H,3,6-8,10H2,1H3. The lowest BCUT2D eigenvalue weighted by Gasteiger charge is -2.36. The van der Waals surface area contributed by atoms with Crippen molar-refractivity contribution >= 4 is 32.2 Å². The summed E-state index contributed by atoms with van der Waals surface area (Å²) in [5, 5.41) is 3.30. The zero-order chi connectivity index (χ0) is 15.7. The number of halogens is 1. The average Bonchev–Trinajstić information content (AvgIpc) is 2.72. The lowest BCUT2D eigenvalue weighted by atomic mass is 9.85. The maximum absolute atomic E-state index is 13.2. The fraction of sp³-hybridized carbons (Fsp3) is 0.667. The van der Waals surface area contributed by atoms with Crippen molar-refractivity contribution in [1.82, 2.24) is 9.62 Å². The summed E-state index contributed by atoms with van der Waals surface area (Å²) in [6, 6.07) is -0.0243. The Labute approximate surface area is 140 Å². The van der Waals surface area contributed by atoms with Gasteiger partial charge < -0.3 is 5.32 Å². The van der Waals surface area contributed by atoms with E-state index in [0.29, 0.717) is 24.5 Å². The molecule has 5 nitrogen and oxygen atoms in total. The monoisotopic (exact) mass is 387 g/mol. The Morgan fingerprint density at radius 2 is 2.27 bits per heavy atom. The second-order valence-electron chi connectivity index (χ2n) is 6.11. The number of hydrogen-bond donors (Lipinski definition) is 1. The highest BCUT2D eigenvalue weighted by Gasteiger charge is 2.42. The lowest BCUT2D eigenvalue weighted by molar-refractivity contribution is 0.352. The number of nitrogens with one attached hydrogen (secondary N) is 1. The van der Waals surface area contributed by atoms with E-state index in [2.05, 4.69) is 26.2 Å². The van der Waals surface area contributed by atoms with Crippen LogP contribution in [-0.2, 0) is 10.0 Å². The summed E-state index contributed by atoms with van der Waals surface area (Å²) in [6.07, 6.45) is 8.39. The molecular weight excluding hydrogens is 366 g/mol. The van der Waals surface area contributed by atoms with E-state index in [1.54, 1.807) is 10.4 Å². The van der Waals surface area contributed by atoms with Gasteiger partial charge in [-0.05, 0) is 26.0 Å². The van der Waals surface area contributed by atoms with Crippen molar-refractivity contribution in [3.63, 3.8) is 0 Å². The predicted molar refractivity (Wildman–Crippen MR) is 92.9 cm³/mol. The van der Waals surface area contributed by atoms with Gasteiger partial charge in [0.2, 0.25) is 10.0 Å². The first-order valence-corrected chi connectivity index (χ1v) is 10.1. The number of aliphatic imine (C=N–C) groups is 1. The predicted octanol–water partition coefficient (Wildman–Crippen LogP) is 1.53. The second kappa shape index (κ2) is 6.55. The minimum Gasteiger partial charge on any atom is -0.315 e. The van der Waals surface area contributed by atoms with E-state index in [1.807, 2.05) is 25.3 Å². The van der Waals surface area contributed by atoms with Gasteiger partial charge in [0.25, 0.3) is 0 Å². The fourth-order valence-corrected chi connectivity index (χ4v) is 6.49. The van der Waals surface area contributed by atoms with Gasteiger partial charge in [-0.25, -0.2) is 8.42 Å². The molecule has 1 aliphatic carbocycles. The van der Waals surface area contributed by atoms with Crippen LogP contribution < -0.4 is 5.32 Å². The molecule has 22 heavy (non-hydrogen) atoms. The van der Waals surface area contributed by atoms with Crippen LogP contribution in [0, 0.1) is 11.8 Å². The van der Waals surface area contributed by atoms with Crippen LogP contribution in [-0.4, -0.2) is 56.0 Å². The van der Waals surface area contributed by atoms with E-state index < -0.39 is 10.0 Å². The molecule has 0 spiro atoms. The first-order chi connectivity index (χ1) is 10.5. The normalized spacial score (nSPS) is 36.5. The summed E-state index contributed by atoms with van der Waals surface area (Å²) >= 11 is 3.63. The summed E-state index contributed by atoms with van der Waals surface area (Å²) in [6.45, 7) is 4.75. The van der Waals surface area contributed by atoms with Crippen molar-refractivity contribution in [3.8, 4) is 0 Å². The zero-order valence-electron chi connectivity index (χ0n) is 12.7. The third kappa shape index (κ3) is 2.96. The molecular formula is C15H22BrN3O2S. The highest BCUT2D eigenvalue weighted by Crippen LogP contribution is 2.39. The van der Waals surface area contributed by atoms with Crippen LogP contribution in [0.5, 0.6) is 0 Å². The summed E-state index contributed by atoms with van der Waals surface area (Å²) in [5.41, 5.74) is 0. The number of fused-ring (bicyclic) bond motifs is 1. The molecule has 4 atom stereocenters. The van der Waals surface area contributed by atoms with Gasteiger partial charge in [-0.2, -0.15) is 4.31 Å². The van der Waals surface area contributed by atoms with Crippen LogP contribution in [0.1, 0.15) is 13.3 Å². The number of hydrogen-bond acceptors (Lipinski definition) is 4. The molecule has 7 heteroatoms. The van der Waals surface area contributed by atoms with Crippen LogP contribution in [0.4, 0.5) is 0 Å². The summed E-state index contributed by atoms with van der Waals surface area (Å²) in [5.74, 6) is 0.00391. The Kier molecular flexibility index (Phi) is 4.87. The Hall–Kier alpha value is -0.500. The highest BCUT2D eigenvalue weighted by molar-refractivity contribution is 9.09. The molecule has 122 valence electrons. The molecule has 0 aromatic carbocycles. The molecule has 2 aliphatic heterocycles. The third-order valence-electron chi connectivity index (χ3n) is 4.55. The summed E-state index contributed by atoms with van der Waals surface area (Å²) < 4.78 is 28.1. The number of alkyl halides is 1. The Balaban J connectivity index is 1.95. The molecule has 1 fully saturated rings. The third-order valence-corrected chi connectivity index (χ3v) is 7.58. The largest absolute Gasteiger partial charge is 0.315 e. The van der Waals surface area contributed by atoms with Crippen molar-refractivity contribution < 1.29 is 8.42 Å². The van der Waals surface area contributed by atoms with Gasteiger partial charge in [0.05, 0.1) is 11.4 Å². The molecule has 2 heterocycles. The van der Waals surface area contributed by atoms with E-state index in [4.69, 9.17) is 0 Å². The van der Waals surface area contributed by atoms with Crippen LogP contribution in [0.15, 0.2) is 28.1 Å². The molecule has 0 saturated carbocycles. The van der Waals surface area contributed by atoms with Crippen LogP contribution in [0.25, 0.3) is 0 Å². The molecule has 0 aromatic heterocycles. The van der Waals surface area contributed by atoms with Gasteiger partial charge in [-0.15, -0.1) is 0 Å². The van der Waals surface area contributed by atoms with Gasteiger partial charge in [-0.1, -0.05) is 28.1 Å². The first-order valence-electron chi connectivity index (χ1n) is 7.77. The second-order valence-corrected chi connectivity index (χ2v) is 9.18. The average molecular weight is 388 g/mol. The van der Waals surface area contributed by atoms with Crippen molar-refractivity contribution in [2.24, 2.45) is 16.8 Å². The Morgan fingerprint density at radius 3 is 3.09 bits per heavy atom. The SMILES string of the molecule is CC1CNCCCN1S(=O)(=O)C1=CC=CC2C=NCC(Br)C12. The van der Waals surface area contributed by atoms with Crippen molar-refractivity contribution in [1.29, 1.82) is 0 Å². The topological polar surface area (TPSA) is 61.8 Å². The van der Waals surface area contributed by atoms with Gasteiger partial charge in [0.1, 0.15) is 0 Å². The fourth-order valence-electron chi connectivity index (χ4n) is 3.40. The molecule has 0 aromatic rings. The number of rotatable bonds is 2. The maximum atomic E-state index is 13.2. The maximum Gasteiger partial charge on any atom is 0.239 e. The summed E-state index contributed by atoms with van der Waals surface area (Å²) in [7, 11) is -3.45. The molecule has 4 unspecified atom stereocenters. The van der Waals surface area contributed by atoms with Crippen LogP contribution in [0.2, 0.25) is 0 Å². The molecule has 3 rings (SSSR count). The van der Waals surface area contributed by atoms with Crippen LogP contribution >= 0.6 is 15.9 Å². The quantitative estimate of drug-likeness (QED) is 0.730. The molecule has 0 radical (unpaired) electrons. The number of allylic oxidation sites excluding steroid dienone is 4. The highest BCUT2D eigenvalue weighted by atomic mass is 79.9. The molecule has 3 aliphatic rings. The van der Waals surface area contributed by atoms with Crippen molar-refractivity contribution in [2.45, 2.75) is 24.2 Å². The zero-order valence-corrected chi connectivity index (χ0v) is 15.1. The Morgan fingerprint density at radius 1 is 1.45 bits per heavy atom. The molecule has 1 saturated heterocycles. The van der Waals surface area contributed by atoms with Crippen molar-refractivity contribution in [2.75, 3.05) is 26.2 Å². The van der Waals surface area contributed by atoms with Gasteiger partial charge in [0.15, 0.2) is 0 Å². The van der Waals surface area contributed by atoms with Crippen molar-refractivity contribution in [3.05, 3.63) is 23.1 Å². The smallest absolute Gasteiger partial charge is 0.239 e. The van der Waals surface area contributed by atoms with E-state index in [9.17, 15) is 8.42 Å². The number of sulfonamides is 1. The van der Waals surface area contributed by atoms with Gasteiger partial charge in [0, 0.05) is 42.0 Å². The lowest BCUT2D eigenvalue weighted by Crippen LogP contribution is -2.45. The van der Waals surface area contributed by atoms with Gasteiger partial charge in [-0.3, -0.25) is 4.99 Å². The Bertz CT molecular complexity index is 614. The number of nitrogens with zero attached hydrogens (tertiary/aromatic N) is 2. The van der Waals surface area contributed by atoms with Crippen LogP contribution in [0.3, 0.4) is 0 Å². The van der Waals surface area contributed by atoms with E-state index in [1.165, 1.54) is 0 Å². The minimum atomic E-state index is -3.45. The molecule has 0 bridgehead atoms. The summed E-state index contributed by atoms with van der Waals surface area (Å²) in [4.78, 5) is 4.93. The van der Waals surface area contributed by atoms with Gasteiger partial charge >= 0.3 is 0 Å². The van der Waals surface area contributed by atoms with E-state index in [-0.39, 0.29) is 22.7 Å². The van der Waals surface area contributed by atoms with E-state index in [0.717, 1.165) is 13.0 Å².